The Morgan fingerprint density at radius 2 is 1.58 bits per heavy atom. The number of halogens is 2. The summed E-state index contributed by atoms with van der Waals surface area (Å²) in [4.78, 5) is 30.4. The first-order valence-electron chi connectivity index (χ1n) is 15.9. The fourth-order valence-corrected chi connectivity index (χ4v) is 8.00. The molecule has 0 spiro atoms. The molecule has 0 bridgehead atoms. The summed E-state index contributed by atoms with van der Waals surface area (Å²) >= 11 is 9.85. The van der Waals surface area contributed by atoms with Crippen LogP contribution in [-0.4, -0.2) is 50.9 Å². The van der Waals surface area contributed by atoms with Crippen LogP contribution in [0.25, 0.3) is 0 Å². The zero-order valence-corrected chi connectivity index (χ0v) is 29.9. The van der Waals surface area contributed by atoms with E-state index in [0.29, 0.717) is 10.8 Å². The number of anilines is 1. The number of benzene rings is 4. The molecule has 252 valence electrons. The van der Waals surface area contributed by atoms with E-state index in [9.17, 15) is 18.0 Å². The maximum atomic E-state index is 14.7. The van der Waals surface area contributed by atoms with E-state index in [-0.39, 0.29) is 35.5 Å². The minimum atomic E-state index is -4.27. The standard InChI is InChI=1S/C37H39BrClN3O5S/c1-47-33-18-20-34(21-19-33)48(45,46)42(32-17-9-14-30(39)24-32)26-36(43)41(25-28-12-8-13-29(38)22-28)35(23-27-10-4-2-5-11-27)37(44)40-31-15-6-3-7-16-31/h2,4-5,8-14,17-22,24,31,35H,3,6-7,15-16,23,25-26H2,1H3,(H,40,44)/t35-/m1/s1. The number of hydrogen-bond donors (Lipinski definition) is 1. The maximum absolute atomic E-state index is 14.7. The molecule has 0 heterocycles. The van der Waals surface area contributed by atoms with E-state index < -0.39 is 28.5 Å². The van der Waals surface area contributed by atoms with Crippen LogP contribution in [0, 0.1) is 0 Å². The van der Waals surface area contributed by atoms with E-state index in [4.69, 9.17) is 16.3 Å². The average Bonchev–Trinajstić information content (AvgIpc) is 3.09. The number of sulfonamides is 1. The summed E-state index contributed by atoms with van der Waals surface area (Å²) in [6, 6.07) is 28.5. The van der Waals surface area contributed by atoms with Crippen LogP contribution in [0.4, 0.5) is 5.69 Å². The Kier molecular flexibility index (Phi) is 12.2. The molecular formula is C37H39BrClN3O5S. The lowest BCUT2D eigenvalue weighted by Crippen LogP contribution is -2.55. The maximum Gasteiger partial charge on any atom is 0.264 e. The fourth-order valence-electron chi connectivity index (χ4n) is 5.97. The Balaban J connectivity index is 1.56. The van der Waals surface area contributed by atoms with Crippen LogP contribution in [0.3, 0.4) is 0 Å². The van der Waals surface area contributed by atoms with Crippen molar-refractivity contribution in [1.29, 1.82) is 0 Å². The van der Waals surface area contributed by atoms with Crippen LogP contribution in [0.1, 0.15) is 43.2 Å². The molecule has 1 atom stereocenters. The van der Waals surface area contributed by atoms with Gasteiger partial charge < -0.3 is 15.0 Å². The van der Waals surface area contributed by atoms with Crippen molar-refractivity contribution in [2.45, 2.75) is 62.0 Å². The van der Waals surface area contributed by atoms with Crippen molar-refractivity contribution in [2.24, 2.45) is 0 Å². The predicted octanol–water partition coefficient (Wildman–Crippen LogP) is 7.40. The number of carbonyl (C=O) groups is 2. The lowest BCUT2D eigenvalue weighted by atomic mass is 9.94. The average molecular weight is 753 g/mol. The van der Waals surface area contributed by atoms with E-state index in [1.165, 1.54) is 30.2 Å². The molecule has 1 N–H and O–H groups in total. The number of nitrogens with one attached hydrogen (secondary N) is 1. The number of hydrogen-bond acceptors (Lipinski definition) is 5. The molecule has 2 amide bonds. The van der Waals surface area contributed by atoms with Crippen molar-refractivity contribution in [2.75, 3.05) is 18.0 Å². The van der Waals surface area contributed by atoms with Gasteiger partial charge in [-0.3, -0.25) is 13.9 Å². The largest absolute Gasteiger partial charge is 0.497 e. The Labute approximate surface area is 296 Å². The molecule has 4 aromatic rings. The number of amides is 2. The van der Waals surface area contributed by atoms with Crippen molar-refractivity contribution >= 4 is 55.1 Å². The zero-order chi connectivity index (χ0) is 34.1. The van der Waals surface area contributed by atoms with E-state index in [1.807, 2.05) is 54.6 Å². The van der Waals surface area contributed by atoms with Crippen molar-refractivity contribution in [1.82, 2.24) is 10.2 Å². The molecule has 0 aliphatic heterocycles. The van der Waals surface area contributed by atoms with Gasteiger partial charge in [-0.2, -0.15) is 0 Å². The van der Waals surface area contributed by atoms with E-state index in [0.717, 1.165) is 52.0 Å². The number of nitrogens with zero attached hydrogens (tertiary/aromatic N) is 2. The second-order valence-electron chi connectivity index (χ2n) is 11.9. The van der Waals surface area contributed by atoms with Gasteiger partial charge in [-0.25, -0.2) is 8.42 Å². The summed E-state index contributed by atoms with van der Waals surface area (Å²) in [6.07, 6.45) is 5.22. The van der Waals surface area contributed by atoms with Gasteiger partial charge >= 0.3 is 0 Å². The lowest BCUT2D eigenvalue weighted by Gasteiger charge is -2.35. The van der Waals surface area contributed by atoms with Crippen LogP contribution >= 0.6 is 27.5 Å². The predicted molar refractivity (Wildman–Crippen MR) is 193 cm³/mol. The Morgan fingerprint density at radius 3 is 2.25 bits per heavy atom. The minimum absolute atomic E-state index is 0.0192. The van der Waals surface area contributed by atoms with Gasteiger partial charge in [0.2, 0.25) is 11.8 Å². The highest BCUT2D eigenvalue weighted by Crippen LogP contribution is 2.28. The minimum Gasteiger partial charge on any atom is -0.497 e. The van der Waals surface area contributed by atoms with E-state index >= 15 is 0 Å². The lowest BCUT2D eigenvalue weighted by molar-refractivity contribution is -0.140. The zero-order valence-electron chi connectivity index (χ0n) is 26.7. The van der Waals surface area contributed by atoms with Crippen molar-refractivity contribution in [3.05, 3.63) is 124 Å². The van der Waals surface area contributed by atoms with Crippen molar-refractivity contribution in [3.8, 4) is 5.75 Å². The van der Waals surface area contributed by atoms with Gasteiger partial charge in [0, 0.05) is 28.5 Å². The van der Waals surface area contributed by atoms with Crippen LogP contribution in [0.15, 0.2) is 112 Å². The molecular weight excluding hydrogens is 714 g/mol. The number of ether oxygens (including phenoxy) is 1. The van der Waals surface area contributed by atoms with Crippen molar-refractivity contribution < 1.29 is 22.7 Å². The topological polar surface area (TPSA) is 96.0 Å². The summed E-state index contributed by atoms with van der Waals surface area (Å²) < 4.78 is 35.6. The van der Waals surface area contributed by atoms with Gasteiger partial charge in [0.15, 0.2) is 0 Å². The van der Waals surface area contributed by atoms with Gasteiger partial charge in [0.05, 0.1) is 17.7 Å². The monoisotopic (exact) mass is 751 g/mol. The first kappa shape index (κ1) is 35.4. The Bertz CT molecular complexity index is 1800. The van der Waals surface area contributed by atoms with Gasteiger partial charge in [-0.05, 0) is 78.6 Å². The van der Waals surface area contributed by atoms with Crippen LogP contribution in [0.2, 0.25) is 5.02 Å². The van der Waals surface area contributed by atoms with E-state index in [2.05, 4.69) is 21.2 Å². The summed E-state index contributed by atoms with van der Waals surface area (Å²) in [5.41, 5.74) is 1.89. The molecule has 8 nitrogen and oxygen atoms in total. The molecule has 1 saturated carbocycles. The molecule has 1 aliphatic carbocycles. The molecule has 0 unspecified atom stereocenters. The van der Waals surface area contributed by atoms with Crippen LogP contribution < -0.4 is 14.4 Å². The third-order valence-corrected chi connectivity index (χ3v) is 11.0. The quantitative estimate of drug-likeness (QED) is 0.154. The first-order chi connectivity index (χ1) is 23.1. The van der Waals surface area contributed by atoms with Gasteiger partial charge in [0.25, 0.3) is 10.0 Å². The molecule has 5 rings (SSSR count). The Hall–Kier alpha value is -3.86. The van der Waals surface area contributed by atoms with E-state index in [1.54, 1.807) is 30.3 Å². The number of carbonyl (C=O) groups excluding carboxylic acids is 2. The molecule has 0 saturated heterocycles. The highest BCUT2D eigenvalue weighted by molar-refractivity contribution is 9.10. The van der Waals surface area contributed by atoms with Crippen molar-refractivity contribution in [3.63, 3.8) is 0 Å². The summed E-state index contributed by atoms with van der Waals surface area (Å²) in [5.74, 6) is -0.305. The smallest absolute Gasteiger partial charge is 0.264 e. The second kappa shape index (κ2) is 16.5. The molecule has 1 aliphatic rings. The SMILES string of the molecule is COc1ccc(S(=O)(=O)N(CC(=O)N(Cc2cccc(Br)c2)[C@H](Cc2ccccc2)C(=O)NC2CCCCC2)c2cccc(Cl)c2)cc1. The summed E-state index contributed by atoms with van der Waals surface area (Å²) in [5, 5.41) is 3.54. The summed E-state index contributed by atoms with van der Waals surface area (Å²) in [7, 11) is -2.77. The highest BCUT2D eigenvalue weighted by Gasteiger charge is 2.35. The molecule has 0 aromatic heterocycles. The normalized spacial score (nSPS) is 14.1. The number of rotatable bonds is 13. The van der Waals surface area contributed by atoms with Crippen LogP contribution in [-0.2, 0) is 32.6 Å². The number of methoxy groups -OCH3 is 1. The molecule has 4 aromatic carbocycles. The van der Waals surface area contributed by atoms with Crippen LogP contribution in [0.5, 0.6) is 5.75 Å². The third-order valence-electron chi connectivity index (χ3n) is 8.49. The molecule has 11 heteroatoms. The second-order valence-corrected chi connectivity index (χ2v) is 15.1. The fraction of sp³-hybridized carbons (Fsp3) is 0.297. The summed E-state index contributed by atoms with van der Waals surface area (Å²) in [6.45, 7) is -0.482. The highest BCUT2D eigenvalue weighted by atomic mass is 79.9. The van der Waals surface area contributed by atoms with Gasteiger partial charge in [-0.15, -0.1) is 0 Å². The van der Waals surface area contributed by atoms with Gasteiger partial charge in [0.1, 0.15) is 18.3 Å². The Morgan fingerprint density at radius 1 is 0.896 bits per heavy atom. The molecule has 0 radical (unpaired) electrons. The molecule has 48 heavy (non-hydrogen) atoms. The first-order valence-corrected chi connectivity index (χ1v) is 18.6. The molecule has 1 fully saturated rings. The third kappa shape index (κ3) is 9.18. The van der Waals surface area contributed by atoms with Gasteiger partial charge in [-0.1, -0.05) is 95.3 Å².